The molecule has 0 radical (unpaired) electrons. The van der Waals surface area contributed by atoms with Crippen molar-refractivity contribution in [3.05, 3.63) is 87.8 Å². The zero-order valence-corrected chi connectivity index (χ0v) is 23.4. The summed E-state index contributed by atoms with van der Waals surface area (Å²) in [6.45, 7) is 0.838. The minimum Gasteiger partial charge on any atom is -0.497 e. The molecule has 2 aromatic carbocycles. The quantitative estimate of drug-likeness (QED) is 0.408. The second-order valence-electron chi connectivity index (χ2n) is 10.5. The second kappa shape index (κ2) is 12.7. The number of anilines is 1. The van der Waals surface area contributed by atoms with Gasteiger partial charge in [0.2, 0.25) is 5.91 Å². The van der Waals surface area contributed by atoms with Gasteiger partial charge in [-0.1, -0.05) is 12.1 Å². The maximum absolute atomic E-state index is 14.0. The number of benzene rings is 2. The molecule has 2 saturated heterocycles. The molecule has 1 aromatic heterocycles. The monoisotopic (exact) mass is 581 g/mol. The molecule has 2 atom stereocenters. The number of halogens is 2. The second-order valence-corrected chi connectivity index (χ2v) is 10.5. The Kier molecular flexibility index (Phi) is 8.86. The van der Waals surface area contributed by atoms with Gasteiger partial charge in [-0.15, -0.1) is 0 Å². The van der Waals surface area contributed by atoms with E-state index in [1.54, 1.807) is 36.9 Å². The molecule has 9 nitrogen and oxygen atoms in total. The number of carbonyl (C=O) groups is 2. The molecule has 0 spiro atoms. The average molecular weight is 582 g/mol. The number of aryl methyl sites for hydroxylation is 1. The van der Waals surface area contributed by atoms with Crippen LogP contribution in [-0.2, 0) is 16.1 Å². The number of nitrogens with one attached hydrogen (secondary N) is 1. The van der Waals surface area contributed by atoms with Crippen molar-refractivity contribution in [1.82, 2.24) is 9.88 Å². The van der Waals surface area contributed by atoms with Crippen molar-refractivity contribution in [2.24, 2.45) is 5.92 Å². The first kappa shape index (κ1) is 29.2. The number of carbonyl (C=O) groups excluding carboxylic acids is 2. The first-order valence-corrected chi connectivity index (χ1v) is 13.8. The number of ether oxygens (including phenoxy) is 3. The fourth-order valence-corrected chi connectivity index (χ4v) is 5.59. The molecule has 1 N–H and O–H groups in total. The highest BCUT2D eigenvalue weighted by Gasteiger charge is 2.44. The van der Waals surface area contributed by atoms with E-state index in [1.165, 1.54) is 29.2 Å². The molecule has 3 aromatic rings. The fourth-order valence-electron chi connectivity index (χ4n) is 5.59. The lowest BCUT2D eigenvalue weighted by atomic mass is 9.93. The zero-order valence-electron chi connectivity index (χ0n) is 23.4. The molecule has 1 unspecified atom stereocenters. The maximum Gasteiger partial charge on any atom is 0.387 e. The molecule has 5 rings (SSSR count). The van der Waals surface area contributed by atoms with E-state index in [4.69, 9.17) is 9.47 Å². The topological polar surface area (TPSA) is 99.1 Å². The van der Waals surface area contributed by atoms with Gasteiger partial charge in [0, 0.05) is 44.0 Å². The van der Waals surface area contributed by atoms with Crippen LogP contribution in [0.2, 0.25) is 0 Å². The van der Waals surface area contributed by atoms with Gasteiger partial charge in [0.1, 0.15) is 23.2 Å². The summed E-state index contributed by atoms with van der Waals surface area (Å²) in [5, 5.41) is 2.83. The molecule has 3 heterocycles. The van der Waals surface area contributed by atoms with Gasteiger partial charge in [-0.3, -0.25) is 14.4 Å². The lowest BCUT2D eigenvalue weighted by molar-refractivity contribution is -0.118. The van der Waals surface area contributed by atoms with Crippen molar-refractivity contribution in [3.8, 4) is 11.5 Å². The Labute approximate surface area is 242 Å². The number of pyridine rings is 1. The Hall–Kier alpha value is -4.25. The van der Waals surface area contributed by atoms with E-state index in [-0.39, 0.29) is 23.4 Å². The minimum absolute atomic E-state index is 0.0858. The average Bonchev–Trinajstić information content (AvgIpc) is 3.30. The molecular weight excluding hydrogens is 548 g/mol. The van der Waals surface area contributed by atoms with Crippen LogP contribution in [0.3, 0.4) is 0 Å². The number of methoxy groups -OCH3 is 1. The summed E-state index contributed by atoms with van der Waals surface area (Å²) in [4.78, 5) is 42.4. The molecule has 2 aliphatic rings. The third kappa shape index (κ3) is 6.30. The summed E-state index contributed by atoms with van der Waals surface area (Å²) in [6.07, 6.45) is 3.49. The Bertz CT molecular complexity index is 1470. The van der Waals surface area contributed by atoms with Gasteiger partial charge in [-0.2, -0.15) is 8.78 Å². The van der Waals surface area contributed by atoms with Crippen molar-refractivity contribution in [1.29, 1.82) is 0 Å². The number of rotatable bonds is 9. The summed E-state index contributed by atoms with van der Waals surface area (Å²) < 4.78 is 41.8. The summed E-state index contributed by atoms with van der Waals surface area (Å²) in [5.41, 5.74) is 1.65. The number of aromatic nitrogens is 1. The first-order chi connectivity index (χ1) is 20.2. The van der Waals surface area contributed by atoms with Crippen molar-refractivity contribution in [3.63, 3.8) is 0 Å². The number of hydrogen-bond donors (Lipinski definition) is 1. The normalized spacial score (nSPS) is 19.3. The van der Waals surface area contributed by atoms with Crippen LogP contribution in [-0.4, -0.2) is 55.9 Å². The maximum atomic E-state index is 14.0. The Morgan fingerprint density at radius 2 is 1.69 bits per heavy atom. The van der Waals surface area contributed by atoms with E-state index in [1.807, 2.05) is 18.2 Å². The Morgan fingerprint density at radius 1 is 1.02 bits per heavy atom. The predicted octanol–water partition coefficient (Wildman–Crippen LogP) is 4.12. The largest absolute Gasteiger partial charge is 0.497 e. The van der Waals surface area contributed by atoms with E-state index < -0.39 is 30.4 Å². The fraction of sp³-hybridized carbons (Fsp3) is 0.387. The van der Waals surface area contributed by atoms with E-state index in [0.717, 1.165) is 18.4 Å². The van der Waals surface area contributed by atoms with E-state index in [2.05, 4.69) is 10.1 Å². The third-order valence-corrected chi connectivity index (χ3v) is 7.89. The van der Waals surface area contributed by atoms with Gasteiger partial charge >= 0.3 is 6.61 Å². The lowest BCUT2D eigenvalue weighted by Gasteiger charge is -2.24. The summed E-state index contributed by atoms with van der Waals surface area (Å²) >= 11 is 0. The van der Waals surface area contributed by atoms with Crippen LogP contribution in [0.4, 0.5) is 14.5 Å². The third-order valence-electron chi connectivity index (χ3n) is 7.89. The molecule has 11 heteroatoms. The smallest absolute Gasteiger partial charge is 0.387 e. The van der Waals surface area contributed by atoms with Crippen LogP contribution >= 0.6 is 0 Å². The summed E-state index contributed by atoms with van der Waals surface area (Å²) in [7, 11) is 1.56. The zero-order chi connectivity index (χ0) is 29.8. The molecule has 2 aliphatic heterocycles. The van der Waals surface area contributed by atoms with Crippen molar-refractivity contribution >= 4 is 17.5 Å². The standard InChI is InChI=1S/C31H33F2N3O6/c1-19-11-14-35(17-20-12-15-41-16-13-20)30(39)27(19)36-18-25(21-3-7-23(40-2)8-4-21)26(29(36)38)34-28(37)22-5-9-24(10-6-22)42-31(32)33/h3-11,14,20,25-26,31H,12-13,15-18H2,1-2H3,(H,34,37)/t25-,26?/m0/s1. The Morgan fingerprint density at radius 3 is 2.33 bits per heavy atom. The highest BCUT2D eigenvalue weighted by atomic mass is 19.3. The lowest BCUT2D eigenvalue weighted by Crippen LogP contribution is -2.44. The predicted molar refractivity (Wildman–Crippen MR) is 151 cm³/mol. The van der Waals surface area contributed by atoms with Crippen LogP contribution in [0.15, 0.2) is 65.6 Å². The highest BCUT2D eigenvalue weighted by Crippen LogP contribution is 2.33. The van der Waals surface area contributed by atoms with Crippen molar-refractivity contribution in [2.45, 2.75) is 44.9 Å². The highest BCUT2D eigenvalue weighted by molar-refractivity contribution is 6.05. The van der Waals surface area contributed by atoms with E-state index >= 15 is 0 Å². The van der Waals surface area contributed by atoms with Crippen LogP contribution < -0.4 is 25.2 Å². The van der Waals surface area contributed by atoms with Gasteiger partial charge in [0.15, 0.2) is 0 Å². The van der Waals surface area contributed by atoms with Crippen molar-refractivity contribution < 1.29 is 32.6 Å². The number of amides is 2. The van der Waals surface area contributed by atoms with E-state index in [0.29, 0.717) is 42.7 Å². The molecule has 2 amide bonds. The minimum atomic E-state index is -2.99. The number of alkyl halides is 2. The van der Waals surface area contributed by atoms with Crippen LogP contribution in [0.1, 0.15) is 40.2 Å². The number of hydrogen-bond acceptors (Lipinski definition) is 6. The van der Waals surface area contributed by atoms with Gasteiger partial charge < -0.3 is 29.0 Å². The molecule has 222 valence electrons. The molecule has 0 saturated carbocycles. The number of nitrogens with zero attached hydrogens (tertiary/aromatic N) is 2. The molecule has 42 heavy (non-hydrogen) atoms. The summed E-state index contributed by atoms with van der Waals surface area (Å²) in [6, 6.07) is 13.3. The van der Waals surface area contributed by atoms with Crippen LogP contribution in [0.5, 0.6) is 11.5 Å². The SMILES string of the molecule is COc1ccc([C@@H]2CN(c3c(C)ccn(CC4CCOCC4)c3=O)C(=O)C2NC(=O)c2ccc(OC(F)F)cc2)cc1. The molecule has 0 bridgehead atoms. The van der Waals surface area contributed by atoms with Crippen LogP contribution in [0.25, 0.3) is 0 Å². The van der Waals surface area contributed by atoms with Crippen molar-refractivity contribution in [2.75, 3.05) is 31.8 Å². The summed E-state index contributed by atoms with van der Waals surface area (Å²) in [5.74, 6) is -0.585. The molecule has 2 fully saturated rings. The van der Waals surface area contributed by atoms with Gasteiger partial charge in [-0.25, -0.2) is 0 Å². The molecular formula is C31H33F2N3O6. The van der Waals surface area contributed by atoms with Gasteiger partial charge in [0.05, 0.1) is 7.11 Å². The molecule has 0 aliphatic carbocycles. The Balaban J connectivity index is 1.45. The van der Waals surface area contributed by atoms with Gasteiger partial charge in [0.25, 0.3) is 11.5 Å². The van der Waals surface area contributed by atoms with Gasteiger partial charge in [-0.05, 0) is 79.3 Å². The van der Waals surface area contributed by atoms with Crippen LogP contribution in [0, 0.1) is 12.8 Å². The first-order valence-electron chi connectivity index (χ1n) is 13.8. The van der Waals surface area contributed by atoms with E-state index in [9.17, 15) is 23.2 Å².